The smallest absolute Gasteiger partial charge is 0.258 e. The van der Waals surface area contributed by atoms with Crippen LogP contribution in [0, 0.1) is 5.82 Å². The molecule has 31 heavy (non-hydrogen) atoms. The van der Waals surface area contributed by atoms with Gasteiger partial charge in [0.2, 0.25) is 0 Å². The van der Waals surface area contributed by atoms with Gasteiger partial charge in [0.1, 0.15) is 5.82 Å². The number of rotatable bonds is 5. The summed E-state index contributed by atoms with van der Waals surface area (Å²) in [5.41, 5.74) is 2.57. The van der Waals surface area contributed by atoms with Gasteiger partial charge in [-0.25, -0.2) is 4.39 Å². The van der Waals surface area contributed by atoms with Crippen LogP contribution < -0.4 is 10.2 Å². The van der Waals surface area contributed by atoms with Crippen LogP contribution in [0.5, 0.6) is 0 Å². The maximum atomic E-state index is 13.8. The molecule has 0 saturated carbocycles. The predicted octanol–water partition coefficient (Wildman–Crippen LogP) is 5.71. The second-order valence-corrected chi connectivity index (χ2v) is 8.27. The molecule has 3 aromatic carbocycles. The minimum Gasteiger partial charge on any atom is -0.368 e. The van der Waals surface area contributed by atoms with E-state index in [1.807, 2.05) is 24.3 Å². The highest BCUT2D eigenvalue weighted by Crippen LogP contribution is 2.30. The summed E-state index contributed by atoms with van der Waals surface area (Å²) in [7, 11) is 0. The molecule has 1 heterocycles. The summed E-state index contributed by atoms with van der Waals surface area (Å²) in [5, 5.41) is 4.05. The average Bonchev–Trinajstić information content (AvgIpc) is 2.76. The van der Waals surface area contributed by atoms with Gasteiger partial charge in [-0.2, -0.15) is 0 Å². The Kier molecular flexibility index (Phi) is 6.76. The summed E-state index contributed by atoms with van der Waals surface area (Å²) in [6.07, 6.45) is 0. The van der Waals surface area contributed by atoms with Gasteiger partial charge in [-0.3, -0.25) is 9.69 Å². The first-order valence-corrected chi connectivity index (χ1v) is 10.8. The van der Waals surface area contributed by atoms with E-state index in [0.717, 1.165) is 49.0 Å². The lowest BCUT2D eigenvalue weighted by molar-refractivity contribution is 0.102. The molecule has 0 bridgehead atoms. The molecule has 1 saturated heterocycles. The molecule has 1 aliphatic rings. The first-order valence-electron chi connectivity index (χ1n) is 10.1. The van der Waals surface area contributed by atoms with Gasteiger partial charge in [0.15, 0.2) is 0 Å². The van der Waals surface area contributed by atoms with Crippen molar-refractivity contribution in [1.82, 2.24) is 4.90 Å². The monoisotopic (exact) mass is 457 g/mol. The van der Waals surface area contributed by atoms with Crippen LogP contribution >= 0.6 is 23.2 Å². The normalized spacial score (nSPS) is 14.5. The number of hydrogen-bond acceptors (Lipinski definition) is 3. The van der Waals surface area contributed by atoms with Gasteiger partial charge in [-0.05, 0) is 42.0 Å². The van der Waals surface area contributed by atoms with Gasteiger partial charge in [-0.1, -0.05) is 53.5 Å². The molecule has 0 spiro atoms. The molecule has 0 atom stereocenters. The lowest BCUT2D eigenvalue weighted by Crippen LogP contribution is -2.46. The van der Waals surface area contributed by atoms with Crippen LogP contribution in [0.4, 0.5) is 15.8 Å². The Morgan fingerprint density at radius 2 is 1.61 bits per heavy atom. The first kappa shape index (κ1) is 21.6. The molecule has 0 unspecified atom stereocenters. The van der Waals surface area contributed by atoms with E-state index < -0.39 is 11.7 Å². The molecule has 1 fully saturated rings. The number of benzene rings is 3. The number of halogens is 3. The standard InChI is InChI=1S/C24H22Cl2FN3O/c25-20-7-3-1-5-17(20)16-29-11-13-30(14-12-29)23-10-9-18(15-21(23)26)28-24(31)19-6-2-4-8-22(19)27/h1-10,15H,11-14,16H2,(H,28,31). The molecule has 4 nitrogen and oxygen atoms in total. The lowest BCUT2D eigenvalue weighted by Gasteiger charge is -2.36. The fraction of sp³-hybridized carbons (Fsp3) is 0.208. The molecule has 7 heteroatoms. The van der Waals surface area contributed by atoms with E-state index in [1.165, 1.54) is 12.1 Å². The third-order valence-electron chi connectivity index (χ3n) is 5.39. The topological polar surface area (TPSA) is 35.6 Å². The maximum Gasteiger partial charge on any atom is 0.258 e. The van der Waals surface area contributed by atoms with E-state index in [-0.39, 0.29) is 5.56 Å². The van der Waals surface area contributed by atoms with E-state index >= 15 is 0 Å². The Balaban J connectivity index is 1.37. The van der Waals surface area contributed by atoms with Crippen LogP contribution in [0.1, 0.15) is 15.9 Å². The largest absolute Gasteiger partial charge is 0.368 e. The van der Waals surface area contributed by atoms with Gasteiger partial charge in [-0.15, -0.1) is 0 Å². The molecular formula is C24H22Cl2FN3O. The number of amides is 1. The maximum absolute atomic E-state index is 13.8. The lowest BCUT2D eigenvalue weighted by atomic mass is 10.1. The number of anilines is 2. The number of nitrogens with one attached hydrogen (secondary N) is 1. The van der Waals surface area contributed by atoms with E-state index in [0.29, 0.717) is 10.7 Å². The Bertz CT molecular complexity index is 1080. The van der Waals surface area contributed by atoms with Crippen molar-refractivity contribution in [3.8, 4) is 0 Å². The van der Waals surface area contributed by atoms with E-state index in [9.17, 15) is 9.18 Å². The molecule has 3 aromatic rings. The summed E-state index contributed by atoms with van der Waals surface area (Å²) in [6.45, 7) is 4.29. The molecular weight excluding hydrogens is 436 g/mol. The number of carbonyl (C=O) groups excluding carboxylic acids is 1. The van der Waals surface area contributed by atoms with Gasteiger partial charge in [0.25, 0.3) is 5.91 Å². The Morgan fingerprint density at radius 3 is 2.32 bits per heavy atom. The molecule has 1 N–H and O–H groups in total. The molecule has 0 aromatic heterocycles. The third-order valence-corrected chi connectivity index (χ3v) is 6.06. The van der Waals surface area contributed by atoms with Crippen molar-refractivity contribution >= 4 is 40.5 Å². The van der Waals surface area contributed by atoms with Crippen molar-refractivity contribution in [2.24, 2.45) is 0 Å². The van der Waals surface area contributed by atoms with Crippen molar-refractivity contribution in [3.63, 3.8) is 0 Å². The quantitative estimate of drug-likeness (QED) is 0.532. The summed E-state index contributed by atoms with van der Waals surface area (Å²) >= 11 is 12.8. The van der Waals surface area contributed by atoms with Crippen molar-refractivity contribution in [3.05, 3.63) is 93.7 Å². The van der Waals surface area contributed by atoms with Crippen molar-refractivity contribution in [1.29, 1.82) is 0 Å². The summed E-state index contributed by atoms with van der Waals surface area (Å²) in [6, 6.07) is 19.2. The average molecular weight is 458 g/mol. The number of piperazine rings is 1. The predicted molar refractivity (Wildman–Crippen MR) is 125 cm³/mol. The van der Waals surface area contributed by atoms with E-state index in [1.54, 1.807) is 24.3 Å². The zero-order valence-corrected chi connectivity index (χ0v) is 18.3. The van der Waals surface area contributed by atoms with Crippen molar-refractivity contribution in [2.75, 3.05) is 36.4 Å². The molecule has 160 valence electrons. The van der Waals surface area contributed by atoms with Crippen LogP contribution in [0.3, 0.4) is 0 Å². The second kappa shape index (κ2) is 9.69. The summed E-state index contributed by atoms with van der Waals surface area (Å²) in [4.78, 5) is 16.9. The van der Waals surface area contributed by atoms with Gasteiger partial charge < -0.3 is 10.2 Å². The van der Waals surface area contributed by atoms with Gasteiger partial charge in [0, 0.05) is 43.4 Å². The van der Waals surface area contributed by atoms with Crippen molar-refractivity contribution < 1.29 is 9.18 Å². The number of hydrogen-bond donors (Lipinski definition) is 1. The zero-order chi connectivity index (χ0) is 21.8. The highest BCUT2D eigenvalue weighted by molar-refractivity contribution is 6.33. The fourth-order valence-electron chi connectivity index (χ4n) is 3.70. The number of nitrogens with zero attached hydrogens (tertiary/aromatic N) is 2. The Morgan fingerprint density at radius 1 is 0.903 bits per heavy atom. The molecule has 0 radical (unpaired) electrons. The van der Waals surface area contributed by atoms with Crippen LogP contribution in [-0.2, 0) is 6.54 Å². The van der Waals surface area contributed by atoms with Crippen molar-refractivity contribution in [2.45, 2.75) is 6.54 Å². The molecule has 0 aliphatic carbocycles. The fourth-order valence-corrected chi connectivity index (χ4v) is 4.19. The summed E-state index contributed by atoms with van der Waals surface area (Å²) in [5.74, 6) is -1.06. The third kappa shape index (κ3) is 5.18. The minimum absolute atomic E-state index is 0.00246. The first-order chi connectivity index (χ1) is 15.0. The van der Waals surface area contributed by atoms with Crippen LogP contribution in [0.15, 0.2) is 66.7 Å². The summed E-state index contributed by atoms with van der Waals surface area (Å²) < 4.78 is 13.8. The van der Waals surface area contributed by atoms with Gasteiger partial charge >= 0.3 is 0 Å². The van der Waals surface area contributed by atoms with Crippen LogP contribution in [0.25, 0.3) is 0 Å². The molecule has 1 aliphatic heterocycles. The Labute approximate surface area is 191 Å². The minimum atomic E-state index is -0.558. The number of carbonyl (C=O) groups is 1. The molecule has 4 rings (SSSR count). The Hall–Kier alpha value is -2.60. The van der Waals surface area contributed by atoms with Crippen LogP contribution in [-0.4, -0.2) is 37.0 Å². The van der Waals surface area contributed by atoms with Crippen LogP contribution in [0.2, 0.25) is 10.0 Å². The van der Waals surface area contributed by atoms with E-state index in [4.69, 9.17) is 23.2 Å². The van der Waals surface area contributed by atoms with Gasteiger partial charge in [0.05, 0.1) is 16.3 Å². The highest BCUT2D eigenvalue weighted by atomic mass is 35.5. The second-order valence-electron chi connectivity index (χ2n) is 7.45. The zero-order valence-electron chi connectivity index (χ0n) is 16.8. The SMILES string of the molecule is O=C(Nc1ccc(N2CCN(Cc3ccccc3Cl)CC2)c(Cl)c1)c1ccccc1F. The van der Waals surface area contributed by atoms with E-state index in [2.05, 4.69) is 21.2 Å². The highest BCUT2D eigenvalue weighted by Gasteiger charge is 2.20. The molecule has 1 amide bonds.